The van der Waals surface area contributed by atoms with E-state index < -0.39 is 0 Å². The zero-order chi connectivity index (χ0) is 29.0. The summed E-state index contributed by atoms with van der Waals surface area (Å²) < 4.78 is 8.46. The van der Waals surface area contributed by atoms with Gasteiger partial charge in [-0.05, 0) is 42.5 Å². The Morgan fingerprint density at radius 2 is 1.11 bits per heavy atom. The Kier molecular flexibility index (Phi) is 5.36. The van der Waals surface area contributed by atoms with Gasteiger partial charge in [-0.3, -0.25) is 0 Å². The van der Waals surface area contributed by atoms with Gasteiger partial charge >= 0.3 is 0 Å². The van der Waals surface area contributed by atoms with Gasteiger partial charge in [0.1, 0.15) is 11.1 Å². The molecule has 0 saturated heterocycles. The van der Waals surface area contributed by atoms with Gasteiger partial charge in [0, 0.05) is 39.2 Å². The van der Waals surface area contributed by atoms with Crippen LogP contribution in [0, 0.1) is 0 Å². The van der Waals surface area contributed by atoms with Crippen molar-refractivity contribution in [3.8, 4) is 39.9 Å². The van der Waals surface area contributed by atoms with Crippen molar-refractivity contribution in [2.75, 3.05) is 0 Å². The Labute approximate surface area is 251 Å². The first kappa shape index (κ1) is 24.4. The van der Waals surface area contributed by atoms with Crippen LogP contribution in [0.5, 0.6) is 0 Å². The number of fused-ring (bicyclic) bond motifs is 7. The zero-order valence-corrected chi connectivity index (χ0v) is 23.3. The fraction of sp³-hybridized carbons (Fsp3) is 0. The van der Waals surface area contributed by atoms with Crippen LogP contribution in [0.2, 0.25) is 0 Å². The molecule has 0 amide bonds. The average Bonchev–Trinajstić information content (AvgIpc) is 3.65. The van der Waals surface area contributed by atoms with E-state index in [0.29, 0.717) is 23.1 Å². The minimum absolute atomic E-state index is 0.616. The van der Waals surface area contributed by atoms with Gasteiger partial charge in [-0.2, -0.15) is 5.10 Å². The standard InChI is InChI=1S/C37H22N6O/c1-3-9-23(10-4-1)35-39-36(24-11-5-2-6-12-24)41-37(40-35)25-15-17-26(18-16-25)43-29-14-8-7-13-27(29)28-19-20-30-32(34(28)43)33-31(44-30)21-22-38-42-33/h1-22H. The summed E-state index contributed by atoms with van der Waals surface area (Å²) in [4.78, 5) is 14.6. The van der Waals surface area contributed by atoms with Crippen molar-refractivity contribution in [3.63, 3.8) is 0 Å². The summed E-state index contributed by atoms with van der Waals surface area (Å²) >= 11 is 0. The van der Waals surface area contributed by atoms with Crippen LogP contribution in [0.25, 0.3) is 83.7 Å². The molecule has 4 heterocycles. The van der Waals surface area contributed by atoms with Crippen molar-refractivity contribution >= 4 is 43.9 Å². The monoisotopic (exact) mass is 566 g/mol. The first-order valence-electron chi connectivity index (χ1n) is 14.4. The molecule has 0 N–H and O–H groups in total. The summed E-state index contributed by atoms with van der Waals surface area (Å²) in [6.07, 6.45) is 1.66. The molecular weight excluding hydrogens is 544 g/mol. The van der Waals surface area contributed by atoms with Crippen LogP contribution in [-0.2, 0) is 0 Å². The molecule has 0 aliphatic rings. The van der Waals surface area contributed by atoms with Crippen LogP contribution in [0.3, 0.4) is 0 Å². The van der Waals surface area contributed by atoms with E-state index in [2.05, 4.69) is 69.4 Å². The average molecular weight is 567 g/mol. The summed E-state index contributed by atoms with van der Waals surface area (Å²) in [6.45, 7) is 0. The fourth-order valence-electron chi connectivity index (χ4n) is 6.01. The van der Waals surface area contributed by atoms with Gasteiger partial charge in [0.15, 0.2) is 23.1 Å². The summed E-state index contributed by atoms with van der Waals surface area (Å²) in [5.74, 6) is 1.89. The van der Waals surface area contributed by atoms with Gasteiger partial charge < -0.3 is 8.98 Å². The molecule has 4 aromatic heterocycles. The number of hydrogen-bond donors (Lipinski definition) is 0. The van der Waals surface area contributed by atoms with Gasteiger partial charge in [0.2, 0.25) is 0 Å². The van der Waals surface area contributed by atoms with Crippen molar-refractivity contribution in [3.05, 3.63) is 134 Å². The zero-order valence-electron chi connectivity index (χ0n) is 23.3. The van der Waals surface area contributed by atoms with Crippen molar-refractivity contribution in [2.24, 2.45) is 0 Å². The second-order valence-corrected chi connectivity index (χ2v) is 10.6. The minimum atomic E-state index is 0.616. The van der Waals surface area contributed by atoms with E-state index in [4.69, 9.17) is 19.4 Å². The number of hydrogen-bond acceptors (Lipinski definition) is 6. The lowest BCUT2D eigenvalue weighted by atomic mass is 10.1. The normalized spacial score (nSPS) is 11.6. The fourth-order valence-corrected chi connectivity index (χ4v) is 6.01. The topological polar surface area (TPSA) is 82.5 Å². The molecule has 7 heteroatoms. The number of rotatable bonds is 4. The van der Waals surface area contributed by atoms with Gasteiger partial charge in [-0.15, -0.1) is 5.10 Å². The molecule has 0 radical (unpaired) electrons. The third-order valence-corrected chi connectivity index (χ3v) is 8.02. The molecule has 9 rings (SSSR count). The van der Waals surface area contributed by atoms with E-state index in [1.807, 2.05) is 72.8 Å². The van der Waals surface area contributed by atoms with Crippen molar-refractivity contribution in [1.82, 2.24) is 29.7 Å². The van der Waals surface area contributed by atoms with E-state index in [0.717, 1.165) is 60.7 Å². The molecule has 0 atom stereocenters. The molecule has 0 aliphatic carbocycles. The number of para-hydroxylation sites is 1. The highest BCUT2D eigenvalue weighted by atomic mass is 16.3. The molecule has 9 aromatic rings. The molecule has 0 spiro atoms. The lowest BCUT2D eigenvalue weighted by molar-refractivity contribution is 0.667. The van der Waals surface area contributed by atoms with Crippen LogP contribution >= 0.6 is 0 Å². The third-order valence-electron chi connectivity index (χ3n) is 8.02. The molecule has 0 bridgehead atoms. The predicted octanol–water partition coefficient (Wildman–Crippen LogP) is 8.66. The van der Waals surface area contributed by atoms with Crippen LogP contribution in [0.15, 0.2) is 138 Å². The number of furan rings is 1. The quantitative estimate of drug-likeness (QED) is 0.212. The van der Waals surface area contributed by atoms with Gasteiger partial charge in [0.05, 0.1) is 22.6 Å². The van der Waals surface area contributed by atoms with Crippen LogP contribution in [0.4, 0.5) is 0 Å². The molecule has 0 unspecified atom stereocenters. The second kappa shape index (κ2) is 9.68. The Morgan fingerprint density at radius 1 is 0.500 bits per heavy atom. The van der Waals surface area contributed by atoms with Crippen LogP contribution in [-0.4, -0.2) is 29.7 Å². The molecule has 0 aliphatic heterocycles. The van der Waals surface area contributed by atoms with Crippen molar-refractivity contribution in [2.45, 2.75) is 0 Å². The SMILES string of the molecule is c1ccc(-c2nc(-c3ccccc3)nc(-c3ccc(-n4c5ccccc5c5ccc6oc7ccnnc7c6c54)cc3)n2)cc1. The maximum atomic E-state index is 6.18. The molecular formula is C37H22N6O. The van der Waals surface area contributed by atoms with Gasteiger partial charge in [-0.1, -0.05) is 78.9 Å². The number of aromatic nitrogens is 6. The maximum Gasteiger partial charge on any atom is 0.164 e. The Balaban J connectivity index is 1.25. The number of benzene rings is 5. The van der Waals surface area contributed by atoms with E-state index in [1.165, 1.54) is 0 Å². The lowest BCUT2D eigenvalue weighted by Gasteiger charge is -2.11. The summed E-state index contributed by atoms with van der Waals surface area (Å²) in [5.41, 5.74) is 8.16. The minimum Gasteiger partial charge on any atom is -0.454 e. The largest absolute Gasteiger partial charge is 0.454 e. The second-order valence-electron chi connectivity index (χ2n) is 10.6. The Hall–Kier alpha value is -6.21. The summed E-state index contributed by atoms with van der Waals surface area (Å²) in [6, 6.07) is 42.8. The van der Waals surface area contributed by atoms with Crippen LogP contribution in [0.1, 0.15) is 0 Å². The predicted molar refractivity (Wildman–Crippen MR) is 173 cm³/mol. The summed E-state index contributed by atoms with van der Waals surface area (Å²) in [5, 5.41) is 11.9. The highest BCUT2D eigenvalue weighted by Gasteiger charge is 2.20. The van der Waals surface area contributed by atoms with E-state index in [9.17, 15) is 0 Å². The molecule has 0 fully saturated rings. The molecule has 7 nitrogen and oxygen atoms in total. The highest BCUT2D eigenvalue weighted by Crippen LogP contribution is 2.40. The molecule has 206 valence electrons. The summed E-state index contributed by atoms with van der Waals surface area (Å²) in [7, 11) is 0. The van der Waals surface area contributed by atoms with Crippen LogP contribution < -0.4 is 0 Å². The van der Waals surface area contributed by atoms with E-state index in [1.54, 1.807) is 6.20 Å². The third kappa shape index (κ3) is 3.80. The van der Waals surface area contributed by atoms with Crippen molar-refractivity contribution in [1.29, 1.82) is 0 Å². The van der Waals surface area contributed by atoms with Crippen molar-refractivity contribution < 1.29 is 4.42 Å². The lowest BCUT2D eigenvalue weighted by Crippen LogP contribution is -2.00. The first-order valence-corrected chi connectivity index (χ1v) is 14.4. The Morgan fingerprint density at radius 3 is 1.80 bits per heavy atom. The van der Waals surface area contributed by atoms with E-state index >= 15 is 0 Å². The molecule has 0 saturated carbocycles. The smallest absolute Gasteiger partial charge is 0.164 e. The maximum absolute atomic E-state index is 6.18. The Bertz CT molecular complexity index is 2430. The van der Waals surface area contributed by atoms with E-state index in [-0.39, 0.29) is 0 Å². The number of nitrogens with zero attached hydrogens (tertiary/aromatic N) is 6. The van der Waals surface area contributed by atoms with Gasteiger partial charge in [0.25, 0.3) is 0 Å². The molecule has 44 heavy (non-hydrogen) atoms. The van der Waals surface area contributed by atoms with Gasteiger partial charge in [-0.25, -0.2) is 15.0 Å². The molecule has 5 aromatic carbocycles. The first-order chi connectivity index (χ1) is 21.8. The highest BCUT2D eigenvalue weighted by molar-refractivity contribution is 6.23.